The van der Waals surface area contributed by atoms with E-state index in [-0.39, 0.29) is 5.69 Å². The van der Waals surface area contributed by atoms with E-state index in [1.807, 2.05) is 0 Å². The van der Waals surface area contributed by atoms with Crippen LogP contribution in [0.1, 0.15) is 5.56 Å². The molecule has 1 aromatic carbocycles. The Morgan fingerprint density at radius 3 is 2.40 bits per heavy atom. The van der Waals surface area contributed by atoms with Gasteiger partial charge in [-0.1, -0.05) is 0 Å². The second kappa shape index (κ2) is 5.99. The van der Waals surface area contributed by atoms with Gasteiger partial charge < -0.3 is 10.4 Å². The minimum Gasteiger partial charge on any atom is -0.385 e. The van der Waals surface area contributed by atoms with Gasteiger partial charge in [-0.3, -0.25) is 10.1 Å². The molecule has 0 aliphatic rings. The fourth-order valence-electron chi connectivity index (χ4n) is 1.34. The third-order valence-electron chi connectivity index (χ3n) is 2.30. The molecule has 0 bridgehead atoms. The third-order valence-corrected chi connectivity index (χ3v) is 2.30. The van der Waals surface area contributed by atoms with E-state index in [0.717, 1.165) is 6.07 Å². The third kappa shape index (κ3) is 4.02. The Balaban J connectivity index is 2.99. The van der Waals surface area contributed by atoms with E-state index >= 15 is 0 Å². The van der Waals surface area contributed by atoms with Gasteiger partial charge in [-0.25, -0.2) is 8.78 Å². The number of halogens is 5. The largest absolute Gasteiger partial charge is 0.423 e. The van der Waals surface area contributed by atoms with Gasteiger partial charge in [0.1, 0.15) is 11.7 Å². The van der Waals surface area contributed by atoms with E-state index in [0.29, 0.717) is 12.1 Å². The molecule has 0 aliphatic heterocycles. The summed E-state index contributed by atoms with van der Waals surface area (Å²) in [5, 5.41) is 21.4. The molecule has 0 aromatic heterocycles. The van der Waals surface area contributed by atoms with Gasteiger partial charge in [0.05, 0.1) is 4.92 Å². The minimum atomic E-state index is -4.96. The first-order valence-electron chi connectivity index (χ1n) is 5.18. The van der Waals surface area contributed by atoms with Crippen molar-refractivity contribution >= 4 is 11.4 Å². The number of aliphatic hydroxyl groups excluding tert-OH is 1. The minimum absolute atomic E-state index is 0.261. The van der Waals surface area contributed by atoms with E-state index in [9.17, 15) is 32.1 Å². The molecule has 1 rings (SSSR count). The average molecular weight is 300 g/mol. The summed E-state index contributed by atoms with van der Waals surface area (Å²) in [6.45, 7) is -0.688. The zero-order chi connectivity index (χ0) is 15.5. The van der Waals surface area contributed by atoms with Gasteiger partial charge >= 0.3 is 6.18 Å². The quantitative estimate of drug-likeness (QED) is 0.498. The first-order valence-corrected chi connectivity index (χ1v) is 5.18. The lowest BCUT2D eigenvalue weighted by molar-refractivity contribution is -0.388. The summed E-state index contributed by atoms with van der Waals surface area (Å²) in [7, 11) is 0. The van der Waals surface area contributed by atoms with Crippen molar-refractivity contribution in [2.75, 3.05) is 11.9 Å². The fraction of sp³-hybridized carbons (Fsp3) is 0.400. The van der Waals surface area contributed by atoms with Crippen molar-refractivity contribution in [3.05, 3.63) is 33.9 Å². The number of anilines is 1. The number of alkyl halides is 5. The van der Waals surface area contributed by atoms with Gasteiger partial charge in [0.2, 0.25) is 0 Å². The first kappa shape index (κ1) is 16.1. The number of aliphatic hydroxyl groups is 1. The lowest BCUT2D eigenvalue weighted by Gasteiger charge is -2.13. The molecule has 20 heavy (non-hydrogen) atoms. The predicted octanol–water partition coefficient (Wildman–Crippen LogP) is 2.65. The zero-order valence-corrected chi connectivity index (χ0v) is 9.69. The Kier molecular flexibility index (Phi) is 4.82. The molecule has 0 amide bonds. The molecule has 1 aromatic rings. The maximum Gasteiger partial charge on any atom is 0.423 e. The van der Waals surface area contributed by atoms with Gasteiger partial charge in [0.25, 0.3) is 12.1 Å². The number of hydrogen-bond acceptors (Lipinski definition) is 4. The number of hydrogen-bond donors (Lipinski definition) is 2. The Hall–Kier alpha value is -1.97. The maximum absolute atomic E-state index is 12.6. The van der Waals surface area contributed by atoms with Gasteiger partial charge in [0, 0.05) is 18.3 Å². The summed E-state index contributed by atoms with van der Waals surface area (Å²) in [4.78, 5) is 9.29. The van der Waals surface area contributed by atoms with Crippen molar-refractivity contribution < 1.29 is 32.0 Å². The molecular formula is C10H9F5N2O3. The summed E-state index contributed by atoms with van der Waals surface area (Å²) in [5.41, 5.74) is -2.90. The summed E-state index contributed by atoms with van der Waals surface area (Å²) < 4.78 is 61.9. The highest BCUT2D eigenvalue weighted by atomic mass is 19.4. The van der Waals surface area contributed by atoms with Crippen LogP contribution in [0, 0.1) is 10.1 Å². The Morgan fingerprint density at radius 1 is 1.35 bits per heavy atom. The average Bonchev–Trinajstić information content (AvgIpc) is 2.34. The molecule has 1 atom stereocenters. The SMILES string of the molecule is O=[N+]([O-])c1ccc(NCC(O)C(F)F)cc1C(F)(F)F. The summed E-state index contributed by atoms with van der Waals surface area (Å²) in [5.74, 6) is 0. The van der Waals surface area contributed by atoms with E-state index < -0.39 is 41.4 Å². The summed E-state index contributed by atoms with van der Waals surface area (Å²) >= 11 is 0. The molecular weight excluding hydrogens is 291 g/mol. The topological polar surface area (TPSA) is 75.4 Å². The van der Waals surface area contributed by atoms with E-state index in [1.54, 1.807) is 0 Å². The number of nitro benzene ring substituents is 1. The second-order valence-corrected chi connectivity index (χ2v) is 3.77. The van der Waals surface area contributed by atoms with Crippen LogP contribution in [0.25, 0.3) is 0 Å². The van der Waals surface area contributed by atoms with Crippen molar-refractivity contribution in [2.45, 2.75) is 18.7 Å². The summed E-state index contributed by atoms with van der Waals surface area (Å²) in [6.07, 6.45) is -10.1. The van der Waals surface area contributed by atoms with Crippen molar-refractivity contribution in [3.63, 3.8) is 0 Å². The fourth-order valence-corrected chi connectivity index (χ4v) is 1.34. The van der Waals surface area contributed by atoms with Crippen molar-refractivity contribution in [1.29, 1.82) is 0 Å². The van der Waals surface area contributed by atoms with E-state index in [4.69, 9.17) is 5.11 Å². The Morgan fingerprint density at radius 2 is 1.95 bits per heavy atom. The molecule has 1 unspecified atom stereocenters. The number of nitrogens with one attached hydrogen (secondary N) is 1. The monoisotopic (exact) mass is 300 g/mol. The molecule has 0 saturated heterocycles. The van der Waals surface area contributed by atoms with Crippen LogP contribution in [-0.4, -0.2) is 29.1 Å². The van der Waals surface area contributed by atoms with Gasteiger partial charge in [-0.2, -0.15) is 13.2 Å². The first-order chi connectivity index (χ1) is 9.12. The molecule has 0 radical (unpaired) electrons. The van der Waals surface area contributed by atoms with Gasteiger partial charge in [-0.05, 0) is 12.1 Å². The smallest absolute Gasteiger partial charge is 0.385 e. The van der Waals surface area contributed by atoms with Crippen LogP contribution in [-0.2, 0) is 6.18 Å². The molecule has 5 nitrogen and oxygen atoms in total. The zero-order valence-electron chi connectivity index (χ0n) is 9.69. The van der Waals surface area contributed by atoms with Gasteiger partial charge in [-0.15, -0.1) is 0 Å². The molecule has 0 heterocycles. The van der Waals surface area contributed by atoms with Crippen molar-refractivity contribution in [1.82, 2.24) is 0 Å². The molecule has 112 valence electrons. The number of nitrogens with zero attached hydrogens (tertiary/aromatic N) is 1. The van der Waals surface area contributed by atoms with Crippen molar-refractivity contribution in [3.8, 4) is 0 Å². The lowest BCUT2D eigenvalue weighted by Crippen LogP contribution is -2.26. The van der Waals surface area contributed by atoms with Crippen LogP contribution >= 0.6 is 0 Å². The normalized spacial score (nSPS) is 13.3. The van der Waals surface area contributed by atoms with Gasteiger partial charge in [0.15, 0.2) is 0 Å². The standard InChI is InChI=1S/C10H9F5N2O3/c11-9(12)8(18)4-16-5-1-2-7(17(19)20)6(3-5)10(13,14)15/h1-3,8-9,16,18H,4H2. The Bertz CT molecular complexity index is 492. The molecule has 0 aliphatic carbocycles. The van der Waals surface area contributed by atoms with E-state index in [1.165, 1.54) is 0 Å². The van der Waals surface area contributed by atoms with Crippen LogP contribution in [0.2, 0.25) is 0 Å². The highest BCUT2D eigenvalue weighted by Gasteiger charge is 2.38. The molecule has 0 spiro atoms. The molecule has 2 N–H and O–H groups in total. The molecule has 10 heteroatoms. The lowest BCUT2D eigenvalue weighted by atomic mass is 10.1. The molecule has 0 saturated carbocycles. The summed E-state index contributed by atoms with van der Waals surface area (Å²) in [6, 6.07) is 1.97. The number of nitro groups is 1. The highest BCUT2D eigenvalue weighted by molar-refractivity contribution is 5.55. The number of rotatable bonds is 5. The second-order valence-electron chi connectivity index (χ2n) is 3.77. The van der Waals surface area contributed by atoms with E-state index in [2.05, 4.69) is 5.32 Å². The predicted molar refractivity (Wildman–Crippen MR) is 58.6 cm³/mol. The maximum atomic E-state index is 12.6. The Labute approximate surface area is 109 Å². The van der Waals surface area contributed by atoms with Crippen molar-refractivity contribution in [2.24, 2.45) is 0 Å². The number of benzene rings is 1. The highest BCUT2D eigenvalue weighted by Crippen LogP contribution is 2.37. The van der Waals surface area contributed by atoms with Crippen LogP contribution in [0.15, 0.2) is 18.2 Å². The van der Waals surface area contributed by atoms with Crippen LogP contribution in [0.3, 0.4) is 0 Å². The van der Waals surface area contributed by atoms with Crippen LogP contribution < -0.4 is 5.32 Å². The molecule has 0 fully saturated rings. The van der Waals surface area contributed by atoms with Crippen LogP contribution in [0.5, 0.6) is 0 Å². The van der Waals surface area contributed by atoms with Crippen LogP contribution in [0.4, 0.5) is 33.3 Å².